The van der Waals surface area contributed by atoms with E-state index in [2.05, 4.69) is 46.6 Å². The molecule has 0 aliphatic rings. The van der Waals surface area contributed by atoms with Crippen molar-refractivity contribution in [3.05, 3.63) is 66.0 Å². The zero-order chi connectivity index (χ0) is 22.7. The van der Waals surface area contributed by atoms with Gasteiger partial charge in [0.05, 0.1) is 24.0 Å². The SMILES string of the molecule is CCCCNC.CCCc1nc(CNC)nc2ccccc12.O=C/C=C/c1ccco1. The van der Waals surface area contributed by atoms with Gasteiger partial charge in [0.1, 0.15) is 17.9 Å². The van der Waals surface area contributed by atoms with Crippen molar-refractivity contribution in [1.82, 2.24) is 20.6 Å². The molecule has 0 saturated heterocycles. The fourth-order valence-electron chi connectivity index (χ4n) is 2.73. The fourth-order valence-corrected chi connectivity index (χ4v) is 2.73. The molecular weight excluding hydrogens is 388 g/mol. The molecule has 6 heteroatoms. The molecule has 2 N–H and O–H groups in total. The van der Waals surface area contributed by atoms with Gasteiger partial charge in [-0.3, -0.25) is 4.79 Å². The zero-order valence-corrected chi connectivity index (χ0v) is 19.2. The van der Waals surface area contributed by atoms with Crippen LogP contribution in [0.15, 0.2) is 53.2 Å². The van der Waals surface area contributed by atoms with E-state index in [1.54, 1.807) is 24.5 Å². The van der Waals surface area contributed by atoms with E-state index in [9.17, 15) is 4.79 Å². The van der Waals surface area contributed by atoms with Crippen LogP contribution in [-0.2, 0) is 17.8 Å². The summed E-state index contributed by atoms with van der Waals surface area (Å²) < 4.78 is 4.89. The number of nitrogens with zero attached hydrogens (tertiary/aromatic N) is 2. The number of rotatable bonds is 9. The molecule has 0 bridgehead atoms. The maximum Gasteiger partial charge on any atom is 0.143 e. The topological polar surface area (TPSA) is 80.0 Å². The molecule has 3 rings (SSSR count). The number of unbranched alkanes of at least 4 members (excludes halogenated alkanes) is 1. The number of carbonyl (C=O) groups excluding carboxylic acids is 1. The van der Waals surface area contributed by atoms with Gasteiger partial charge in [0, 0.05) is 5.39 Å². The maximum atomic E-state index is 9.77. The van der Waals surface area contributed by atoms with Crippen molar-refractivity contribution in [2.75, 3.05) is 20.6 Å². The van der Waals surface area contributed by atoms with Crippen molar-refractivity contribution >= 4 is 23.3 Å². The summed E-state index contributed by atoms with van der Waals surface area (Å²) in [7, 11) is 3.90. The molecule has 0 radical (unpaired) electrons. The quantitative estimate of drug-likeness (QED) is 0.292. The molecule has 0 amide bonds. The highest BCUT2D eigenvalue weighted by Gasteiger charge is 2.05. The van der Waals surface area contributed by atoms with Crippen molar-refractivity contribution in [1.29, 1.82) is 0 Å². The highest BCUT2D eigenvalue weighted by Crippen LogP contribution is 2.16. The van der Waals surface area contributed by atoms with Crippen LogP contribution in [0.2, 0.25) is 0 Å². The normalized spacial score (nSPS) is 10.3. The van der Waals surface area contributed by atoms with Gasteiger partial charge < -0.3 is 15.1 Å². The number of allylic oxidation sites excluding steroid dienone is 1. The van der Waals surface area contributed by atoms with Crippen molar-refractivity contribution in [3.8, 4) is 0 Å². The van der Waals surface area contributed by atoms with Crippen LogP contribution in [0.4, 0.5) is 0 Å². The maximum absolute atomic E-state index is 9.77. The predicted octanol–water partition coefficient (Wildman–Crippen LogP) is 4.80. The van der Waals surface area contributed by atoms with E-state index < -0.39 is 0 Å². The first-order chi connectivity index (χ1) is 15.2. The molecule has 0 saturated carbocycles. The van der Waals surface area contributed by atoms with Crippen molar-refractivity contribution < 1.29 is 9.21 Å². The van der Waals surface area contributed by atoms with Gasteiger partial charge in [0.15, 0.2) is 0 Å². The second kappa shape index (κ2) is 16.9. The number of aryl methyl sites for hydroxylation is 1. The molecule has 0 atom stereocenters. The fraction of sp³-hybridized carbons (Fsp3) is 0.400. The van der Waals surface area contributed by atoms with Gasteiger partial charge in [-0.1, -0.05) is 44.9 Å². The summed E-state index contributed by atoms with van der Waals surface area (Å²) in [6.07, 6.45) is 9.98. The number of para-hydroxylation sites is 1. The molecule has 0 spiro atoms. The first kappa shape index (κ1) is 26.2. The lowest BCUT2D eigenvalue weighted by atomic mass is 10.1. The monoisotopic (exact) mass is 424 g/mol. The lowest BCUT2D eigenvalue weighted by molar-refractivity contribution is -0.104. The van der Waals surface area contributed by atoms with Gasteiger partial charge in [0.2, 0.25) is 0 Å². The Kier molecular flexibility index (Phi) is 14.3. The third-order valence-corrected chi connectivity index (χ3v) is 4.21. The lowest BCUT2D eigenvalue weighted by Gasteiger charge is -2.07. The van der Waals surface area contributed by atoms with E-state index in [1.165, 1.54) is 30.0 Å². The molecule has 0 fully saturated rings. The lowest BCUT2D eigenvalue weighted by Crippen LogP contribution is -2.10. The van der Waals surface area contributed by atoms with Crippen LogP contribution in [0.3, 0.4) is 0 Å². The molecule has 31 heavy (non-hydrogen) atoms. The average Bonchev–Trinajstić information content (AvgIpc) is 3.31. The molecular formula is C25H36N4O2. The van der Waals surface area contributed by atoms with Gasteiger partial charge >= 0.3 is 0 Å². The minimum Gasteiger partial charge on any atom is -0.465 e. The Bertz CT molecular complexity index is 872. The molecule has 3 aromatic rings. The average molecular weight is 425 g/mol. The highest BCUT2D eigenvalue weighted by molar-refractivity contribution is 5.80. The van der Waals surface area contributed by atoms with Crippen molar-refractivity contribution in [2.24, 2.45) is 0 Å². The Labute approximate surface area is 186 Å². The molecule has 1 aromatic carbocycles. The van der Waals surface area contributed by atoms with Gasteiger partial charge in [-0.2, -0.15) is 0 Å². The number of aldehydes is 1. The highest BCUT2D eigenvalue weighted by atomic mass is 16.3. The molecule has 6 nitrogen and oxygen atoms in total. The Morgan fingerprint density at radius 3 is 2.39 bits per heavy atom. The summed E-state index contributed by atoms with van der Waals surface area (Å²) >= 11 is 0. The van der Waals surface area contributed by atoms with Gasteiger partial charge in [-0.05, 0) is 63.8 Å². The minimum absolute atomic E-state index is 0.696. The Balaban J connectivity index is 0.000000270. The van der Waals surface area contributed by atoms with E-state index in [0.29, 0.717) is 12.0 Å². The van der Waals surface area contributed by atoms with Crippen LogP contribution in [0.1, 0.15) is 50.4 Å². The van der Waals surface area contributed by atoms with E-state index >= 15 is 0 Å². The Morgan fingerprint density at radius 1 is 1.00 bits per heavy atom. The van der Waals surface area contributed by atoms with E-state index in [-0.39, 0.29) is 0 Å². The number of fused-ring (bicyclic) bond motifs is 1. The summed E-state index contributed by atoms with van der Waals surface area (Å²) in [5.74, 6) is 1.58. The standard InChI is InChI=1S/C13H17N3.C7H6O2.C5H13N/c1-3-6-11-10-7-4-5-8-12(10)16-13(15-11)9-14-2;8-5-1-3-7-4-2-6-9-7;1-3-4-5-6-2/h4-5,7-8,14H,3,6,9H2,1-2H3;1-6H;6H,3-5H2,1-2H3/b;3-1+;. The van der Waals surface area contributed by atoms with E-state index in [0.717, 1.165) is 37.3 Å². The summed E-state index contributed by atoms with van der Waals surface area (Å²) in [5.41, 5.74) is 2.21. The van der Waals surface area contributed by atoms with Gasteiger partial charge in [-0.15, -0.1) is 0 Å². The number of aromatic nitrogens is 2. The second-order valence-electron chi connectivity index (χ2n) is 6.85. The predicted molar refractivity (Wildman–Crippen MR) is 129 cm³/mol. The van der Waals surface area contributed by atoms with Crippen molar-refractivity contribution in [3.63, 3.8) is 0 Å². The summed E-state index contributed by atoms with van der Waals surface area (Å²) in [4.78, 5) is 18.9. The zero-order valence-electron chi connectivity index (χ0n) is 19.2. The van der Waals surface area contributed by atoms with Crippen LogP contribution in [0.25, 0.3) is 17.0 Å². The number of hydrogen-bond acceptors (Lipinski definition) is 6. The van der Waals surface area contributed by atoms with Crippen LogP contribution < -0.4 is 10.6 Å². The second-order valence-corrected chi connectivity index (χ2v) is 6.85. The third kappa shape index (κ3) is 10.7. The number of hydrogen-bond donors (Lipinski definition) is 2. The molecule has 2 heterocycles. The van der Waals surface area contributed by atoms with Crippen LogP contribution in [0.5, 0.6) is 0 Å². The largest absolute Gasteiger partial charge is 0.465 e. The first-order valence-corrected chi connectivity index (χ1v) is 10.9. The molecule has 2 aromatic heterocycles. The smallest absolute Gasteiger partial charge is 0.143 e. The Morgan fingerprint density at radius 2 is 1.81 bits per heavy atom. The van der Waals surface area contributed by atoms with Gasteiger partial charge in [-0.25, -0.2) is 9.97 Å². The Hall–Kier alpha value is -2.83. The van der Waals surface area contributed by atoms with Crippen LogP contribution >= 0.6 is 0 Å². The molecule has 0 aliphatic heterocycles. The minimum atomic E-state index is 0.696. The van der Waals surface area contributed by atoms with Crippen LogP contribution in [0, 0.1) is 0 Å². The molecule has 0 aliphatic carbocycles. The number of furan rings is 1. The van der Waals surface area contributed by atoms with Crippen LogP contribution in [-0.4, -0.2) is 36.9 Å². The third-order valence-electron chi connectivity index (χ3n) is 4.21. The first-order valence-electron chi connectivity index (χ1n) is 10.9. The molecule has 0 unspecified atom stereocenters. The number of nitrogens with one attached hydrogen (secondary N) is 2. The van der Waals surface area contributed by atoms with Crippen molar-refractivity contribution in [2.45, 2.75) is 46.1 Å². The number of carbonyl (C=O) groups is 1. The summed E-state index contributed by atoms with van der Waals surface area (Å²) in [5, 5.41) is 7.35. The van der Waals surface area contributed by atoms with E-state index in [4.69, 9.17) is 4.42 Å². The van der Waals surface area contributed by atoms with Gasteiger partial charge in [0.25, 0.3) is 0 Å². The molecule has 168 valence electrons. The van der Waals surface area contributed by atoms with E-state index in [1.807, 2.05) is 26.2 Å². The summed E-state index contributed by atoms with van der Waals surface area (Å²) in [6, 6.07) is 11.8. The number of benzene rings is 1. The summed E-state index contributed by atoms with van der Waals surface area (Å²) in [6.45, 7) is 6.25.